The van der Waals surface area contributed by atoms with Gasteiger partial charge in [-0.2, -0.15) is 0 Å². The summed E-state index contributed by atoms with van der Waals surface area (Å²) in [4.78, 5) is 27.2. The molecule has 0 spiro atoms. The molecule has 0 saturated heterocycles. The Labute approximate surface area is 165 Å². The molecule has 0 saturated carbocycles. The van der Waals surface area contributed by atoms with E-state index in [9.17, 15) is 14.0 Å². The zero-order chi connectivity index (χ0) is 20.7. The quantitative estimate of drug-likeness (QED) is 0.734. The SMILES string of the molecule is CC(C)[C@H](NC(=O)c1ccc(F)cc1)C(=O)NCc1ccccc1CN(C)C. The van der Waals surface area contributed by atoms with Crippen LogP contribution in [0, 0.1) is 11.7 Å². The number of nitrogens with one attached hydrogen (secondary N) is 2. The third-order valence-corrected chi connectivity index (χ3v) is 4.40. The maximum Gasteiger partial charge on any atom is 0.251 e. The van der Waals surface area contributed by atoms with Crippen LogP contribution in [0.15, 0.2) is 48.5 Å². The van der Waals surface area contributed by atoms with Crippen LogP contribution in [0.4, 0.5) is 4.39 Å². The zero-order valence-corrected chi connectivity index (χ0v) is 16.8. The van der Waals surface area contributed by atoms with Gasteiger partial charge in [0.15, 0.2) is 0 Å². The van der Waals surface area contributed by atoms with Crippen molar-refractivity contribution >= 4 is 11.8 Å². The van der Waals surface area contributed by atoms with Crippen molar-refractivity contribution < 1.29 is 14.0 Å². The topological polar surface area (TPSA) is 61.4 Å². The van der Waals surface area contributed by atoms with Gasteiger partial charge in [-0.05, 0) is 55.4 Å². The Hall–Kier alpha value is -2.73. The Morgan fingerprint density at radius 2 is 1.61 bits per heavy atom. The number of halogens is 1. The van der Waals surface area contributed by atoms with Gasteiger partial charge in [-0.15, -0.1) is 0 Å². The van der Waals surface area contributed by atoms with Gasteiger partial charge in [0, 0.05) is 18.7 Å². The normalized spacial score (nSPS) is 12.1. The second kappa shape index (κ2) is 9.99. The first kappa shape index (κ1) is 21.6. The van der Waals surface area contributed by atoms with Crippen molar-refractivity contribution in [3.05, 3.63) is 71.0 Å². The summed E-state index contributed by atoms with van der Waals surface area (Å²) in [5.41, 5.74) is 2.50. The number of rotatable bonds is 8. The van der Waals surface area contributed by atoms with Crippen LogP contribution in [-0.2, 0) is 17.9 Å². The van der Waals surface area contributed by atoms with Gasteiger partial charge in [0.2, 0.25) is 5.91 Å². The average Bonchev–Trinajstić information content (AvgIpc) is 2.64. The molecule has 2 N–H and O–H groups in total. The summed E-state index contributed by atoms with van der Waals surface area (Å²) in [6.45, 7) is 4.91. The van der Waals surface area contributed by atoms with Gasteiger partial charge < -0.3 is 15.5 Å². The molecule has 2 amide bonds. The van der Waals surface area contributed by atoms with E-state index >= 15 is 0 Å². The van der Waals surface area contributed by atoms with Crippen LogP contribution in [0.25, 0.3) is 0 Å². The third kappa shape index (κ3) is 6.16. The second-order valence-corrected chi connectivity index (χ2v) is 7.43. The number of carbonyl (C=O) groups excluding carboxylic acids is 2. The molecule has 28 heavy (non-hydrogen) atoms. The van der Waals surface area contributed by atoms with Crippen molar-refractivity contribution in [1.29, 1.82) is 0 Å². The number of benzene rings is 2. The molecule has 2 aromatic carbocycles. The van der Waals surface area contributed by atoms with E-state index in [0.29, 0.717) is 12.1 Å². The third-order valence-electron chi connectivity index (χ3n) is 4.40. The number of carbonyl (C=O) groups is 2. The van der Waals surface area contributed by atoms with Crippen molar-refractivity contribution in [1.82, 2.24) is 15.5 Å². The second-order valence-electron chi connectivity index (χ2n) is 7.43. The van der Waals surface area contributed by atoms with Crippen molar-refractivity contribution in [2.45, 2.75) is 33.0 Å². The minimum Gasteiger partial charge on any atom is -0.350 e. The molecule has 2 aromatic rings. The van der Waals surface area contributed by atoms with Crippen molar-refractivity contribution in [3.63, 3.8) is 0 Å². The van der Waals surface area contributed by atoms with Gasteiger partial charge in [0.25, 0.3) is 5.91 Å². The molecule has 0 aliphatic rings. The Morgan fingerprint density at radius 1 is 1.00 bits per heavy atom. The van der Waals surface area contributed by atoms with E-state index in [1.807, 2.05) is 52.2 Å². The van der Waals surface area contributed by atoms with E-state index in [-0.39, 0.29) is 11.8 Å². The van der Waals surface area contributed by atoms with Crippen LogP contribution < -0.4 is 10.6 Å². The predicted octanol–water partition coefficient (Wildman–Crippen LogP) is 2.96. The summed E-state index contributed by atoms with van der Waals surface area (Å²) in [6, 6.07) is 12.5. The van der Waals surface area contributed by atoms with Gasteiger partial charge in [-0.1, -0.05) is 38.1 Å². The van der Waals surface area contributed by atoms with Gasteiger partial charge in [0.05, 0.1) is 0 Å². The largest absolute Gasteiger partial charge is 0.350 e. The molecule has 150 valence electrons. The fourth-order valence-electron chi connectivity index (χ4n) is 2.88. The molecule has 5 nitrogen and oxygen atoms in total. The van der Waals surface area contributed by atoms with E-state index in [4.69, 9.17) is 0 Å². The number of amides is 2. The molecule has 0 radical (unpaired) electrons. The standard InChI is InChI=1S/C22H28FN3O2/c1-15(2)20(25-21(27)16-9-11-19(23)12-10-16)22(28)24-13-17-7-5-6-8-18(17)14-26(3)4/h5-12,15,20H,13-14H2,1-4H3,(H,24,28)(H,25,27)/t20-/m0/s1. The maximum absolute atomic E-state index is 13.0. The zero-order valence-electron chi connectivity index (χ0n) is 16.8. The highest BCUT2D eigenvalue weighted by Gasteiger charge is 2.24. The van der Waals surface area contributed by atoms with E-state index < -0.39 is 17.8 Å². The van der Waals surface area contributed by atoms with Crippen LogP contribution in [0.3, 0.4) is 0 Å². The van der Waals surface area contributed by atoms with Crippen LogP contribution in [-0.4, -0.2) is 36.9 Å². The Balaban J connectivity index is 2.03. The molecular formula is C22H28FN3O2. The van der Waals surface area contributed by atoms with Crippen LogP contribution in [0.2, 0.25) is 0 Å². The Morgan fingerprint density at radius 3 is 2.18 bits per heavy atom. The number of nitrogens with zero attached hydrogens (tertiary/aromatic N) is 1. The van der Waals surface area contributed by atoms with E-state index in [1.54, 1.807) is 0 Å². The van der Waals surface area contributed by atoms with Gasteiger partial charge in [-0.3, -0.25) is 9.59 Å². The molecular weight excluding hydrogens is 357 g/mol. The fourth-order valence-corrected chi connectivity index (χ4v) is 2.88. The average molecular weight is 385 g/mol. The van der Waals surface area contributed by atoms with Crippen molar-refractivity contribution in [3.8, 4) is 0 Å². The minimum atomic E-state index is -0.682. The van der Waals surface area contributed by atoms with E-state index in [2.05, 4.69) is 15.5 Å². The monoisotopic (exact) mass is 385 g/mol. The first-order chi connectivity index (χ1) is 13.3. The number of hydrogen-bond donors (Lipinski definition) is 2. The van der Waals surface area contributed by atoms with Crippen LogP contribution in [0.5, 0.6) is 0 Å². The molecule has 0 bridgehead atoms. The highest BCUT2D eigenvalue weighted by atomic mass is 19.1. The maximum atomic E-state index is 13.0. The molecule has 0 heterocycles. The number of hydrogen-bond acceptors (Lipinski definition) is 3. The molecule has 2 rings (SSSR count). The lowest BCUT2D eigenvalue weighted by Crippen LogP contribution is -2.49. The lowest BCUT2D eigenvalue weighted by atomic mass is 10.0. The van der Waals surface area contributed by atoms with Gasteiger partial charge >= 0.3 is 0 Å². The Kier molecular flexibility index (Phi) is 7.70. The first-order valence-corrected chi connectivity index (χ1v) is 9.33. The van der Waals surface area contributed by atoms with E-state index in [1.165, 1.54) is 24.3 Å². The highest BCUT2D eigenvalue weighted by Crippen LogP contribution is 2.11. The molecule has 0 unspecified atom stereocenters. The van der Waals surface area contributed by atoms with Crippen molar-refractivity contribution in [2.75, 3.05) is 14.1 Å². The van der Waals surface area contributed by atoms with Gasteiger partial charge in [-0.25, -0.2) is 4.39 Å². The molecule has 0 aromatic heterocycles. The highest BCUT2D eigenvalue weighted by molar-refractivity contribution is 5.97. The molecule has 0 aliphatic carbocycles. The molecule has 0 fully saturated rings. The fraction of sp³-hybridized carbons (Fsp3) is 0.364. The molecule has 0 aliphatic heterocycles. The van der Waals surface area contributed by atoms with Crippen LogP contribution >= 0.6 is 0 Å². The van der Waals surface area contributed by atoms with Crippen LogP contribution in [0.1, 0.15) is 35.3 Å². The summed E-state index contributed by atoms with van der Waals surface area (Å²) >= 11 is 0. The minimum absolute atomic E-state index is 0.0959. The predicted molar refractivity (Wildman–Crippen MR) is 108 cm³/mol. The Bertz CT molecular complexity index is 804. The first-order valence-electron chi connectivity index (χ1n) is 9.33. The van der Waals surface area contributed by atoms with E-state index in [0.717, 1.165) is 17.7 Å². The molecule has 1 atom stereocenters. The lowest BCUT2D eigenvalue weighted by molar-refractivity contribution is -0.124. The summed E-state index contributed by atoms with van der Waals surface area (Å²) in [5.74, 6) is -1.15. The summed E-state index contributed by atoms with van der Waals surface area (Å²) in [6.07, 6.45) is 0. The lowest BCUT2D eigenvalue weighted by Gasteiger charge is -2.22. The van der Waals surface area contributed by atoms with Gasteiger partial charge in [0.1, 0.15) is 11.9 Å². The van der Waals surface area contributed by atoms with Crippen molar-refractivity contribution in [2.24, 2.45) is 5.92 Å². The summed E-state index contributed by atoms with van der Waals surface area (Å²) in [7, 11) is 3.99. The smallest absolute Gasteiger partial charge is 0.251 e. The molecule has 6 heteroatoms. The summed E-state index contributed by atoms with van der Waals surface area (Å²) < 4.78 is 13.0. The summed E-state index contributed by atoms with van der Waals surface area (Å²) in [5, 5.41) is 5.68.